The van der Waals surface area contributed by atoms with E-state index in [9.17, 15) is 9.59 Å². The normalized spacial score (nSPS) is 45.1. The molecular formula is C21H28O2S2. The minimum absolute atomic E-state index is 0.226. The van der Waals surface area contributed by atoms with Gasteiger partial charge in [0.2, 0.25) is 0 Å². The average molecular weight is 377 g/mol. The van der Waals surface area contributed by atoms with Gasteiger partial charge < -0.3 is 0 Å². The highest BCUT2D eigenvalue weighted by Crippen LogP contribution is 2.63. The zero-order chi connectivity index (χ0) is 17.2. The maximum atomic E-state index is 13.3. The van der Waals surface area contributed by atoms with Crippen molar-refractivity contribution in [2.45, 2.75) is 62.4 Å². The maximum absolute atomic E-state index is 13.3. The molecule has 0 bridgehead atoms. The summed E-state index contributed by atoms with van der Waals surface area (Å²) in [7, 11) is 0. The predicted molar refractivity (Wildman–Crippen MR) is 105 cm³/mol. The fourth-order valence-corrected chi connectivity index (χ4v) is 10.2. The average Bonchev–Trinajstić information content (AvgIpc) is 3.20. The fraction of sp³-hybridized carbons (Fsp3) is 0.810. The Morgan fingerprint density at radius 3 is 2.68 bits per heavy atom. The van der Waals surface area contributed by atoms with Gasteiger partial charge in [-0.05, 0) is 56.3 Å². The van der Waals surface area contributed by atoms with Crippen LogP contribution in [0.3, 0.4) is 0 Å². The highest BCUT2D eigenvalue weighted by Gasteiger charge is 2.61. The van der Waals surface area contributed by atoms with Gasteiger partial charge in [0.1, 0.15) is 11.6 Å². The predicted octanol–water partition coefficient (Wildman–Crippen LogP) is 4.87. The summed E-state index contributed by atoms with van der Waals surface area (Å²) in [5, 5.41) is 0. The van der Waals surface area contributed by atoms with Crippen molar-refractivity contribution < 1.29 is 9.59 Å². The van der Waals surface area contributed by atoms with E-state index in [1.807, 2.05) is 0 Å². The number of allylic oxidation sites excluding steroid dienone is 1. The number of hydrogen-bond donors (Lipinski definition) is 0. The van der Waals surface area contributed by atoms with Gasteiger partial charge in [-0.2, -0.15) is 0 Å². The summed E-state index contributed by atoms with van der Waals surface area (Å²) < 4.78 is 0.326. The zero-order valence-electron chi connectivity index (χ0n) is 15.1. The molecule has 0 N–H and O–H groups in total. The van der Waals surface area contributed by atoms with Crippen molar-refractivity contribution in [1.29, 1.82) is 0 Å². The minimum Gasteiger partial charge on any atom is -0.299 e. The Morgan fingerprint density at radius 1 is 1.12 bits per heavy atom. The van der Waals surface area contributed by atoms with Crippen LogP contribution in [0.1, 0.15) is 58.3 Å². The van der Waals surface area contributed by atoms with Crippen molar-refractivity contribution in [3.05, 3.63) is 11.6 Å². The Labute approximate surface area is 159 Å². The molecule has 1 saturated heterocycles. The van der Waals surface area contributed by atoms with Gasteiger partial charge in [0.05, 0.1) is 4.08 Å². The smallest absolute Gasteiger partial charge is 0.139 e. The maximum Gasteiger partial charge on any atom is 0.139 e. The molecule has 4 fully saturated rings. The van der Waals surface area contributed by atoms with E-state index in [1.165, 1.54) is 30.8 Å². The second-order valence-corrected chi connectivity index (χ2v) is 11.9. The van der Waals surface area contributed by atoms with Gasteiger partial charge in [0.15, 0.2) is 0 Å². The molecule has 25 heavy (non-hydrogen) atoms. The summed E-state index contributed by atoms with van der Waals surface area (Å²) in [5.74, 6) is 5.05. The fourth-order valence-electron chi connectivity index (χ4n) is 6.98. The molecule has 3 saturated carbocycles. The van der Waals surface area contributed by atoms with Crippen LogP contribution in [0, 0.1) is 29.1 Å². The molecule has 4 heteroatoms. The van der Waals surface area contributed by atoms with Crippen LogP contribution in [-0.2, 0) is 9.59 Å². The minimum atomic E-state index is -0.285. The van der Waals surface area contributed by atoms with E-state index in [4.69, 9.17) is 0 Å². The van der Waals surface area contributed by atoms with E-state index in [-0.39, 0.29) is 11.3 Å². The molecule has 1 spiro atoms. The van der Waals surface area contributed by atoms with Gasteiger partial charge in [-0.25, -0.2) is 0 Å². The standard InChI is InChI=1S/C21H28O2S2/c1-2-20-12-17(22)19-14-7-8-21(24-9-10-25-21)11-13(14)3-4-15(19)16(20)5-6-18(20)23/h11,14-16,19H,2-10,12H2,1H3. The van der Waals surface area contributed by atoms with Gasteiger partial charge in [-0.3, -0.25) is 9.59 Å². The second-order valence-electron chi connectivity index (χ2n) is 8.82. The summed E-state index contributed by atoms with van der Waals surface area (Å²) in [6.07, 6.45) is 10.5. The van der Waals surface area contributed by atoms with Crippen molar-refractivity contribution in [3.63, 3.8) is 0 Å². The molecule has 1 heterocycles. The third-order valence-corrected chi connectivity index (χ3v) is 11.5. The molecular weight excluding hydrogens is 348 g/mol. The van der Waals surface area contributed by atoms with Crippen molar-refractivity contribution >= 4 is 35.1 Å². The first-order valence-corrected chi connectivity index (χ1v) is 12.1. The molecule has 0 amide bonds. The van der Waals surface area contributed by atoms with Crippen LogP contribution >= 0.6 is 23.5 Å². The van der Waals surface area contributed by atoms with E-state index in [1.54, 1.807) is 5.57 Å². The van der Waals surface area contributed by atoms with Gasteiger partial charge in [-0.15, -0.1) is 23.5 Å². The first-order chi connectivity index (χ1) is 12.1. The molecule has 4 aliphatic carbocycles. The Kier molecular flexibility index (Phi) is 3.98. The molecule has 5 unspecified atom stereocenters. The zero-order valence-corrected chi connectivity index (χ0v) is 16.7. The molecule has 2 nitrogen and oxygen atoms in total. The molecule has 0 aromatic carbocycles. The molecule has 136 valence electrons. The number of Topliss-reactive ketones (excluding diaryl/α,β-unsaturated/α-hetero) is 2. The summed E-state index contributed by atoms with van der Waals surface area (Å²) in [5.41, 5.74) is 1.31. The summed E-state index contributed by atoms with van der Waals surface area (Å²) in [4.78, 5) is 25.9. The molecule has 0 aromatic heterocycles. The van der Waals surface area contributed by atoms with Crippen LogP contribution in [0.5, 0.6) is 0 Å². The highest BCUT2D eigenvalue weighted by molar-refractivity contribution is 8.21. The quantitative estimate of drug-likeness (QED) is 0.611. The van der Waals surface area contributed by atoms with E-state index in [0.29, 0.717) is 39.8 Å². The van der Waals surface area contributed by atoms with Gasteiger partial charge in [0.25, 0.3) is 0 Å². The summed E-state index contributed by atoms with van der Waals surface area (Å²) >= 11 is 4.25. The van der Waals surface area contributed by atoms with Crippen LogP contribution in [0.15, 0.2) is 11.6 Å². The summed E-state index contributed by atoms with van der Waals surface area (Å²) in [6, 6.07) is 0. The second kappa shape index (κ2) is 5.89. The monoisotopic (exact) mass is 376 g/mol. The van der Waals surface area contributed by atoms with Crippen LogP contribution in [0.4, 0.5) is 0 Å². The van der Waals surface area contributed by atoms with Crippen molar-refractivity contribution in [1.82, 2.24) is 0 Å². The number of fused-ring (bicyclic) bond motifs is 5. The lowest BCUT2D eigenvalue weighted by Crippen LogP contribution is -2.52. The Bertz CT molecular complexity index is 648. The van der Waals surface area contributed by atoms with Crippen LogP contribution in [0.25, 0.3) is 0 Å². The number of hydrogen-bond acceptors (Lipinski definition) is 4. The van der Waals surface area contributed by atoms with Crippen LogP contribution in [-0.4, -0.2) is 27.2 Å². The largest absolute Gasteiger partial charge is 0.299 e. The van der Waals surface area contributed by atoms with E-state index < -0.39 is 0 Å². The van der Waals surface area contributed by atoms with Gasteiger partial charge in [0, 0.05) is 35.7 Å². The Balaban J connectivity index is 1.48. The third kappa shape index (κ3) is 2.32. The van der Waals surface area contributed by atoms with Gasteiger partial charge in [-0.1, -0.05) is 18.6 Å². The molecule has 5 aliphatic rings. The Hall–Kier alpha value is -0.220. The Morgan fingerprint density at radius 2 is 1.92 bits per heavy atom. The molecule has 0 radical (unpaired) electrons. The van der Waals surface area contributed by atoms with E-state index in [0.717, 1.165) is 25.7 Å². The number of carbonyl (C=O) groups excluding carboxylic acids is 2. The lowest BCUT2D eigenvalue weighted by molar-refractivity contribution is -0.147. The number of carbonyl (C=O) groups is 2. The van der Waals surface area contributed by atoms with Crippen molar-refractivity contribution in [2.75, 3.05) is 11.5 Å². The third-order valence-electron chi connectivity index (χ3n) is 8.08. The molecule has 5 rings (SSSR count). The van der Waals surface area contributed by atoms with Gasteiger partial charge >= 0.3 is 0 Å². The van der Waals surface area contributed by atoms with E-state index >= 15 is 0 Å². The first kappa shape index (κ1) is 16.9. The SMILES string of the molecule is CCC12CC(=O)C3C4CCC5(C=C4CCC3C1CCC2=O)SCCS5. The number of rotatable bonds is 1. The number of thioether (sulfide) groups is 2. The first-order valence-electron chi connectivity index (χ1n) is 10.1. The van der Waals surface area contributed by atoms with Crippen LogP contribution in [0.2, 0.25) is 0 Å². The summed E-state index contributed by atoms with van der Waals surface area (Å²) in [6.45, 7) is 2.14. The van der Waals surface area contributed by atoms with Crippen molar-refractivity contribution in [3.8, 4) is 0 Å². The van der Waals surface area contributed by atoms with Crippen molar-refractivity contribution in [2.24, 2.45) is 29.1 Å². The lowest BCUT2D eigenvalue weighted by Gasteiger charge is -2.52. The lowest BCUT2D eigenvalue weighted by atomic mass is 9.51. The molecule has 5 atom stereocenters. The number of ketones is 2. The van der Waals surface area contributed by atoms with E-state index in [2.05, 4.69) is 36.5 Å². The van der Waals surface area contributed by atoms with Crippen LogP contribution < -0.4 is 0 Å². The highest BCUT2D eigenvalue weighted by atomic mass is 32.2. The molecule has 1 aliphatic heterocycles. The molecule has 0 aromatic rings. The topological polar surface area (TPSA) is 34.1 Å².